The molecule has 0 saturated carbocycles. The number of carbonyl (C=O) groups is 2. The first-order valence-corrected chi connectivity index (χ1v) is 9.42. The number of amides is 2. The number of pyridine rings is 1. The van der Waals surface area contributed by atoms with Crippen LogP contribution in [0.5, 0.6) is 5.75 Å². The van der Waals surface area contributed by atoms with Gasteiger partial charge in [-0.1, -0.05) is 29.3 Å². The van der Waals surface area contributed by atoms with E-state index in [2.05, 4.69) is 15.6 Å². The number of hydrogen-bond donors (Lipinski definition) is 2. The summed E-state index contributed by atoms with van der Waals surface area (Å²) in [5.74, 6) is -0.342. The van der Waals surface area contributed by atoms with E-state index in [0.29, 0.717) is 27.2 Å². The minimum absolute atomic E-state index is 0.204. The fourth-order valence-electron chi connectivity index (χ4n) is 2.38. The molecule has 148 valence electrons. The van der Waals surface area contributed by atoms with Gasteiger partial charge in [0.15, 0.2) is 6.10 Å². The van der Waals surface area contributed by atoms with Gasteiger partial charge in [-0.15, -0.1) is 0 Å². The van der Waals surface area contributed by atoms with Gasteiger partial charge in [-0.25, -0.2) is 4.98 Å². The normalized spacial score (nSPS) is 11.4. The summed E-state index contributed by atoms with van der Waals surface area (Å²) in [5.41, 5.74) is 1.38. The Morgan fingerprint density at radius 1 is 0.931 bits per heavy atom. The molecule has 8 heteroatoms. The number of aromatic nitrogens is 1. The fourth-order valence-corrected chi connectivity index (χ4v) is 2.70. The second-order valence-corrected chi connectivity index (χ2v) is 6.97. The lowest BCUT2D eigenvalue weighted by Crippen LogP contribution is -2.30. The molecule has 29 heavy (non-hydrogen) atoms. The molecule has 0 aliphatic rings. The maximum atomic E-state index is 12.3. The summed E-state index contributed by atoms with van der Waals surface area (Å²) in [6.45, 7) is 1.62. The minimum Gasteiger partial charge on any atom is -0.479 e. The number of anilines is 2. The van der Waals surface area contributed by atoms with Gasteiger partial charge in [0.25, 0.3) is 11.8 Å². The first-order chi connectivity index (χ1) is 13.9. The molecule has 0 aliphatic heterocycles. The van der Waals surface area contributed by atoms with Gasteiger partial charge in [0.2, 0.25) is 0 Å². The number of carbonyl (C=O) groups excluding carboxylic acids is 2. The van der Waals surface area contributed by atoms with Gasteiger partial charge in [0, 0.05) is 21.4 Å². The molecule has 2 aromatic carbocycles. The van der Waals surface area contributed by atoms with E-state index in [1.165, 1.54) is 12.3 Å². The molecule has 0 radical (unpaired) electrons. The van der Waals surface area contributed by atoms with Gasteiger partial charge in [-0.2, -0.15) is 0 Å². The molecular weight excluding hydrogens is 413 g/mol. The number of ether oxygens (including phenoxy) is 1. The number of nitrogens with zero attached hydrogens (tertiary/aromatic N) is 1. The molecule has 0 saturated heterocycles. The van der Waals surface area contributed by atoms with Crippen LogP contribution >= 0.6 is 23.2 Å². The highest BCUT2D eigenvalue weighted by molar-refractivity contribution is 6.31. The molecule has 1 aromatic heterocycles. The number of benzene rings is 2. The molecule has 0 unspecified atom stereocenters. The summed E-state index contributed by atoms with van der Waals surface area (Å²) in [6.07, 6.45) is 0.623. The second kappa shape index (κ2) is 9.41. The van der Waals surface area contributed by atoms with Gasteiger partial charge in [-0.05, 0) is 61.5 Å². The van der Waals surface area contributed by atoms with Crippen molar-refractivity contribution in [2.45, 2.75) is 13.0 Å². The Labute approximate surface area is 177 Å². The molecule has 1 atom stereocenters. The third-order valence-electron chi connectivity index (χ3n) is 3.85. The lowest BCUT2D eigenvalue weighted by atomic mass is 10.3. The van der Waals surface area contributed by atoms with Crippen molar-refractivity contribution in [3.8, 4) is 5.75 Å². The average molecular weight is 430 g/mol. The van der Waals surface area contributed by atoms with Gasteiger partial charge < -0.3 is 15.4 Å². The molecule has 1 heterocycles. The van der Waals surface area contributed by atoms with E-state index in [0.717, 1.165) is 0 Å². The largest absolute Gasteiger partial charge is 0.479 e. The zero-order chi connectivity index (χ0) is 20.8. The summed E-state index contributed by atoms with van der Waals surface area (Å²) in [5, 5.41) is 6.54. The monoisotopic (exact) mass is 429 g/mol. The summed E-state index contributed by atoms with van der Waals surface area (Å²) in [6, 6.07) is 16.7. The first-order valence-electron chi connectivity index (χ1n) is 8.67. The van der Waals surface area contributed by atoms with Gasteiger partial charge in [0.1, 0.15) is 11.4 Å². The fraction of sp³-hybridized carbons (Fsp3) is 0.0952. The van der Waals surface area contributed by atoms with E-state index in [9.17, 15) is 9.59 Å². The Morgan fingerprint density at radius 3 is 2.34 bits per heavy atom. The third-order valence-corrected chi connectivity index (χ3v) is 4.33. The van der Waals surface area contributed by atoms with Crippen LogP contribution in [0.15, 0.2) is 66.9 Å². The number of halogens is 2. The quantitative estimate of drug-likeness (QED) is 0.574. The van der Waals surface area contributed by atoms with E-state index >= 15 is 0 Å². The van der Waals surface area contributed by atoms with E-state index in [1.54, 1.807) is 61.5 Å². The maximum Gasteiger partial charge on any atom is 0.274 e. The van der Waals surface area contributed by atoms with Crippen molar-refractivity contribution in [2.75, 3.05) is 10.6 Å². The zero-order valence-corrected chi connectivity index (χ0v) is 16.9. The molecule has 0 fully saturated rings. The van der Waals surface area contributed by atoms with Crippen molar-refractivity contribution in [3.05, 3.63) is 82.6 Å². The van der Waals surface area contributed by atoms with Crippen LogP contribution in [0.4, 0.5) is 11.4 Å². The zero-order valence-electron chi connectivity index (χ0n) is 15.4. The van der Waals surface area contributed by atoms with E-state index in [1.807, 2.05) is 0 Å². The summed E-state index contributed by atoms with van der Waals surface area (Å²) >= 11 is 11.7. The highest BCUT2D eigenvalue weighted by Crippen LogP contribution is 2.18. The molecule has 6 nitrogen and oxygen atoms in total. The highest BCUT2D eigenvalue weighted by atomic mass is 35.5. The van der Waals surface area contributed by atoms with Crippen LogP contribution in [0.25, 0.3) is 0 Å². The molecular formula is C21H17Cl2N3O3. The van der Waals surface area contributed by atoms with Crippen molar-refractivity contribution < 1.29 is 14.3 Å². The van der Waals surface area contributed by atoms with Gasteiger partial charge in [-0.3, -0.25) is 9.59 Å². The van der Waals surface area contributed by atoms with Gasteiger partial charge in [0.05, 0.1) is 6.20 Å². The van der Waals surface area contributed by atoms with Crippen LogP contribution in [0.3, 0.4) is 0 Å². The Hall–Kier alpha value is -3.09. The van der Waals surface area contributed by atoms with Crippen LogP contribution in [-0.4, -0.2) is 22.9 Å². The summed E-state index contributed by atoms with van der Waals surface area (Å²) in [4.78, 5) is 28.6. The van der Waals surface area contributed by atoms with Crippen molar-refractivity contribution >= 4 is 46.4 Å². The smallest absolute Gasteiger partial charge is 0.274 e. The number of rotatable bonds is 6. The Balaban J connectivity index is 1.57. The molecule has 2 amide bonds. The van der Waals surface area contributed by atoms with Crippen LogP contribution in [0.2, 0.25) is 10.0 Å². The average Bonchev–Trinajstić information content (AvgIpc) is 2.70. The molecule has 3 aromatic rings. The Bertz CT molecular complexity index is 1010. The molecule has 0 bridgehead atoms. The van der Waals surface area contributed by atoms with Crippen LogP contribution in [-0.2, 0) is 4.79 Å². The second-order valence-electron chi connectivity index (χ2n) is 6.10. The summed E-state index contributed by atoms with van der Waals surface area (Å²) in [7, 11) is 0. The van der Waals surface area contributed by atoms with Crippen molar-refractivity contribution in [1.82, 2.24) is 4.98 Å². The Morgan fingerprint density at radius 2 is 1.69 bits per heavy atom. The minimum atomic E-state index is -0.765. The van der Waals surface area contributed by atoms with E-state index < -0.39 is 6.10 Å². The van der Waals surface area contributed by atoms with Crippen LogP contribution < -0.4 is 15.4 Å². The lowest BCUT2D eigenvalue weighted by molar-refractivity contribution is -0.122. The molecule has 0 aliphatic carbocycles. The van der Waals surface area contributed by atoms with Crippen molar-refractivity contribution in [3.63, 3.8) is 0 Å². The highest BCUT2D eigenvalue weighted by Gasteiger charge is 2.16. The maximum absolute atomic E-state index is 12.3. The molecule has 3 rings (SSSR count). The van der Waals surface area contributed by atoms with Crippen molar-refractivity contribution in [1.29, 1.82) is 0 Å². The lowest BCUT2D eigenvalue weighted by Gasteiger charge is -2.14. The number of nitrogens with one attached hydrogen (secondary N) is 2. The standard InChI is InChI=1S/C21H17Cl2N3O3/c1-13(20(27)25-16-7-5-14(22)6-8-16)29-18-9-10-19(24-12-18)21(28)26-17-4-2-3-15(23)11-17/h2-13H,1H3,(H,25,27)(H,26,28)/t13-/m0/s1. The van der Waals surface area contributed by atoms with Crippen LogP contribution in [0, 0.1) is 0 Å². The predicted octanol–water partition coefficient (Wildman–Crippen LogP) is 5.05. The topological polar surface area (TPSA) is 80.3 Å². The predicted molar refractivity (Wildman–Crippen MR) is 114 cm³/mol. The SMILES string of the molecule is C[C@H](Oc1ccc(C(=O)Nc2cccc(Cl)c2)nc1)C(=O)Nc1ccc(Cl)cc1. The molecule has 0 spiro atoms. The molecule has 2 N–H and O–H groups in total. The van der Waals surface area contributed by atoms with Crippen LogP contribution in [0.1, 0.15) is 17.4 Å². The first kappa shape index (κ1) is 20.6. The Kier molecular flexibility index (Phi) is 6.69. The van der Waals surface area contributed by atoms with E-state index in [4.69, 9.17) is 27.9 Å². The number of hydrogen-bond acceptors (Lipinski definition) is 4. The van der Waals surface area contributed by atoms with Crippen molar-refractivity contribution in [2.24, 2.45) is 0 Å². The van der Waals surface area contributed by atoms with Gasteiger partial charge >= 0.3 is 0 Å². The van der Waals surface area contributed by atoms with E-state index in [-0.39, 0.29) is 17.5 Å². The third kappa shape index (κ3) is 5.94. The summed E-state index contributed by atoms with van der Waals surface area (Å²) < 4.78 is 5.59.